The van der Waals surface area contributed by atoms with Crippen molar-refractivity contribution in [3.63, 3.8) is 0 Å². The molecule has 92 valence electrons. The van der Waals surface area contributed by atoms with E-state index in [1.807, 2.05) is 44.2 Å². The fraction of sp³-hybridized carbons (Fsp3) is 0.125. The molecule has 0 unspecified atom stereocenters. The number of hydrogen-bond donors (Lipinski definition) is 0. The molecule has 3 heteroatoms. The van der Waals surface area contributed by atoms with Crippen LogP contribution in [0.4, 0.5) is 5.69 Å². The summed E-state index contributed by atoms with van der Waals surface area (Å²) in [6.45, 7) is 11.1. The first-order valence-corrected chi connectivity index (χ1v) is 6.03. The van der Waals surface area contributed by atoms with Gasteiger partial charge in [-0.3, -0.25) is 0 Å². The molecule has 0 saturated heterocycles. The zero-order valence-corrected chi connectivity index (χ0v) is 10.8. The maximum Gasteiger partial charge on any atom is 0.227 e. The predicted octanol–water partition coefficient (Wildman–Crippen LogP) is 4.66. The summed E-state index contributed by atoms with van der Waals surface area (Å²) in [5.41, 5.74) is 5.17. The molecule has 3 nitrogen and oxygen atoms in total. The molecule has 3 rings (SSSR count). The van der Waals surface area contributed by atoms with Gasteiger partial charge in [-0.25, -0.2) is 9.83 Å². The van der Waals surface area contributed by atoms with E-state index in [4.69, 9.17) is 11.0 Å². The fourth-order valence-corrected chi connectivity index (χ4v) is 2.07. The predicted molar refractivity (Wildman–Crippen MR) is 75.2 cm³/mol. The minimum absolute atomic E-state index is 0.591. The molecule has 0 saturated carbocycles. The zero-order chi connectivity index (χ0) is 13.4. The van der Waals surface area contributed by atoms with Gasteiger partial charge in [-0.2, -0.15) is 0 Å². The van der Waals surface area contributed by atoms with Crippen LogP contribution in [-0.4, -0.2) is 4.98 Å². The molecule has 0 atom stereocenters. The number of rotatable bonds is 1. The van der Waals surface area contributed by atoms with Crippen LogP contribution in [0.2, 0.25) is 0 Å². The van der Waals surface area contributed by atoms with E-state index in [1.165, 1.54) is 5.56 Å². The number of hydrogen-bond acceptors (Lipinski definition) is 2. The van der Waals surface area contributed by atoms with Crippen molar-refractivity contribution in [2.24, 2.45) is 0 Å². The lowest BCUT2D eigenvalue weighted by molar-refractivity contribution is 0.617. The molecule has 3 aromatic rings. The third-order valence-electron chi connectivity index (χ3n) is 3.09. The highest BCUT2D eigenvalue weighted by atomic mass is 16.3. The molecule has 0 N–H and O–H groups in total. The molecule has 0 aliphatic carbocycles. The Bertz CT molecular complexity index is 792. The van der Waals surface area contributed by atoms with Gasteiger partial charge in [-0.05, 0) is 43.7 Å². The summed E-state index contributed by atoms with van der Waals surface area (Å²) in [6.07, 6.45) is 0. The van der Waals surface area contributed by atoms with Crippen molar-refractivity contribution in [1.29, 1.82) is 0 Å². The Morgan fingerprint density at radius 1 is 1.11 bits per heavy atom. The molecule has 1 aromatic heterocycles. The van der Waals surface area contributed by atoms with Gasteiger partial charge in [0.15, 0.2) is 11.3 Å². The van der Waals surface area contributed by atoms with Crippen LogP contribution in [0, 0.1) is 20.4 Å². The lowest BCUT2D eigenvalue weighted by Gasteiger charge is -1.95. The molecule has 2 aromatic carbocycles. The Labute approximate surface area is 111 Å². The van der Waals surface area contributed by atoms with Crippen molar-refractivity contribution in [2.75, 3.05) is 0 Å². The third-order valence-corrected chi connectivity index (χ3v) is 3.09. The summed E-state index contributed by atoms with van der Waals surface area (Å²) < 4.78 is 5.81. The van der Waals surface area contributed by atoms with E-state index in [0.29, 0.717) is 11.6 Å². The standard InChI is InChI=1S/C16H12N2O/c1-10-4-6-12(7-5-10)16-18-14-9-13(17-3)8-11(2)15(14)19-16/h4-9H,1-2H3. The first-order valence-electron chi connectivity index (χ1n) is 6.03. The van der Waals surface area contributed by atoms with E-state index in [2.05, 4.69) is 9.83 Å². The van der Waals surface area contributed by atoms with Crippen LogP contribution in [0.1, 0.15) is 11.1 Å². The highest BCUT2D eigenvalue weighted by Gasteiger charge is 2.11. The van der Waals surface area contributed by atoms with Crippen LogP contribution in [0.15, 0.2) is 40.8 Å². The minimum atomic E-state index is 0.591. The number of benzene rings is 2. The van der Waals surface area contributed by atoms with Gasteiger partial charge in [-0.1, -0.05) is 17.7 Å². The Morgan fingerprint density at radius 3 is 2.53 bits per heavy atom. The third kappa shape index (κ3) is 1.98. The second-order valence-corrected chi connectivity index (χ2v) is 4.61. The van der Waals surface area contributed by atoms with E-state index in [1.54, 1.807) is 6.07 Å². The smallest absolute Gasteiger partial charge is 0.227 e. The average molecular weight is 248 g/mol. The van der Waals surface area contributed by atoms with Gasteiger partial charge < -0.3 is 4.42 Å². The minimum Gasteiger partial charge on any atom is -0.436 e. The number of fused-ring (bicyclic) bond motifs is 1. The van der Waals surface area contributed by atoms with Gasteiger partial charge in [0.1, 0.15) is 0 Å². The lowest BCUT2D eigenvalue weighted by atomic mass is 10.1. The normalized spacial score (nSPS) is 10.6. The van der Waals surface area contributed by atoms with Crippen LogP contribution in [0.25, 0.3) is 27.4 Å². The van der Waals surface area contributed by atoms with Crippen LogP contribution < -0.4 is 0 Å². The van der Waals surface area contributed by atoms with Gasteiger partial charge >= 0.3 is 0 Å². The van der Waals surface area contributed by atoms with E-state index >= 15 is 0 Å². The van der Waals surface area contributed by atoms with Crippen molar-refractivity contribution in [2.45, 2.75) is 13.8 Å². The molecule has 0 spiro atoms. The Hall–Kier alpha value is -2.60. The Morgan fingerprint density at radius 2 is 1.84 bits per heavy atom. The molecule has 0 radical (unpaired) electrons. The summed E-state index contributed by atoms with van der Waals surface area (Å²) in [5, 5.41) is 0. The van der Waals surface area contributed by atoms with E-state index < -0.39 is 0 Å². The molecule has 0 amide bonds. The summed E-state index contributed by atoms with van der Waals surface area (Å²) in [7, 11) is 0. The molecule has 19 heavy (non-hydrogen) atoms. The molecule has 0 aliphatic heterocycles. The van der Waals surface area contributed by atoms with Crippen molar-refractivity contribution in [3.05, 3.63) is 58.9 Å². The van der Waals surface area contributed by atoms with Crippen LogP contribution in [-0.2, 0) is 0 Å². The molecule has 1 heterocycles. The SMILES string of the molecule is [C-]#[N+]c1cc(C)c2oc(-c3ccc(C)cc3)nc2c1. The first kappa shape index (κ1) is 11.5. The number of nitrogens with zero attached hydrogens (tertiary/aromatic N) is 2. The van der Waals surface area contributed by atoms with Gasteiger partial charge in [-0.15, -0.1) is 0 Å². The maximum atomic E-state index is 7.08. The first-order chi connectivity index (χ1) is 9.17. The fourth-order valence-electron chi connectivity index (χ4n) is 2.07. The molecular weight excluding hydrogens is 236 g/mol. The summed E-state index contributed by atoms with van der Waals surface area (Å²) in [5.74, 6) is 0.597. The molecular formula is C16H12N2O. The lowest BCUT2D eigenvalue weighted by Crippen LogP contribution is -1.77. The van der Waals surface area contributed by atoms with Gasteiger partial charge in [0.05, 0.1) is 12.1 Å². The highest BCUT2D eigenvalue weighted by Crippen LogP contribution is 2.29. The van der Waals surface area contributed by atoms with E-state index in [9.17, 15) is 0 Å². The highest BCUT2D eigenvalue weighted by molar-refractivity contribution is 5.83. The number of aryl methyl sites for hydroxylation is 2. The quantitative estimate of drug-likeness (QED) is 0.586. The Kier molecular flexibility index (Phi) is 2.57. The van der Waals surface area contributed by atoms with Crippen molar-refractivity contribution in [3.8, 4) is 11.5 Å². The van der Waals surface area contributed by atoms with Crippen LogP contribution in [0.5, 0.6) is 0 Å². The second kappa shape index (κ2) is 4.25. The monoisotopic (exact) mass is 248 g/mol. The number of oxazole rings is 1. The summed E-state index contributed by atoms with van der Waals surface area (Å²) >= 11 is 0. The zero-order valence-electron chi connectivity index (χ0n) is 10.8. The second-order valence-electron chi connectivity index (χ2n) is 4.61. The molecule has 0 aliphatic rings. The maximum absolute atomic E-state index is 7.08. The van der Waals surface area contributed by atoms with Crippen molar-refractivity contribution in [1.82, 2.24) is 4.98 Å². The van der Waals surface area contributed by atoms with Gasteiger partial charge in [0.25, 0.3) is 0 Å². The Balaban J connectivity index is 2.19. The average Bonchev–Trinajstić information content (AvgIpc) is 2.84. The van der Waals surface area contributed by atoms with E-state index in [-0.39, 0.29) is 0 Å². The molecule has 0 bridgehead atoms. The molecule has 0 fully saturated rings. The van der Waals surface area contributed by atoms with Crippen molar-refractivity contribution >= 4 is 16.8 Å². The van der Waals surface area contributed by atoms with Gasteiger partial charge in [0.2, 0.25) is 5.89 Å². The van der Waals surface area contributed by atoms with Crippen LogP contribution >= 0.6 is 0 Å². The van der Waals surface area contributed by atoms with E-state index in [0.717, 1.165) is 22.2 Å². The summed E-state index contributed by atoms with van der Waals surface area (Å²) in [4.78, 5) is 7.92. The largest absolute Gasteiger partial charge is 0.436 e. The summed E-state index contributed by atoms with van der Waals surface area (Å²) in [6, 6.07) is 11.6. The topological polar surface area (TPSA) is 30.4 Å². The van der Waals surface area contributed by atoms with Crippen LogP contribution in [0.3, 0.4) is 0 Å². The van der Waals surface area contributed by atoms with Crippen molar-refractivity contribution < 1.29 is 4.42 Å². The van der Waals surface area contributed by atoms with Gasteiger partial charge in [0, 0.05) is 5.56 Å². The number of aromatic nitrogens is 1.